The molecule has 1 aliphatic rings. The predicted molar refractivity (Wildman–Crippen MR) is 104 cm³/mol. The molecule has 28 heavy (non-hydrogen) atoms. The average molecular weight is 416 g/mol. The SMILES string of the molecule is CCCO[C@@H]1C[C@@H](C(=O)NCc2ccncc2)CC[C@H]1NS(C)(=O)=O.O=CO. The third kappa shape index (κ3) is 9.25. The van der Waals surface area contributed by atoms with E-state index in [2.05, 4.69) is 15.0 Å². The van der Waals surface area contributed by atoms with Crippen molar-refractivity contribution in [3.63, 3.8) is 0 Å². The minimum absolute atomic E-state index is 0.0142. The molecule has 1 fully saturated rings. The van der Waals surface area contributed by atoms with Crippen LogP contribution in [-0.2, 0) is 30.9 Å². The highest BCUT2D eigenvalue weighted by atomic mass is 32.2. The topological polar surface area (TPSA) is 135 Å². The Hall–Kier alpha value is -2.04. The Bertz CT molecular complexity index is 699. The molecular weight excluding hydrogens is 386 g/mol. The summed E-state index contributed by atoms with van der Waals surface area (Å²) in [7, 11) is -3.30. The predicted octanol–water partition coefficient (Wildman–Crippen LogP) is 0.912. The smallest absolute Gasteiger partial charge is 0.290 e. The van der Waals surface area contributed by atoms with Gasteiger partial charge >= 0.3 is 0 Å². The van der Waals surface area contributed by atoms with E-state index in [0.29, 0.717) is 32.4 Å². The number of aromatic nitrogens is 1. The van der Waals surface area contributed by atoms with Gasteiger partial charge in [0.25, 0.3) is 6.47 Å². The molecule has 158 valence electrons. The second-order valence-corrected chi connectivity index (χ2v) is 8.37. The van der Waals surface area contributed by atoms with Crippen molar-refractivity contribution in [1.82, 2.24) is 15.0 Å². The van der Waals surface area contributed by atoms with E-state index in [1.54, 1.807) is 12.4 Å². The number of ether oxygens (including phenoxy) is 1. The van der Waals surface area contributed by atoms with Crippen molar-refractivity contribution in [2.45, 2.75) is 51.3 Å². The van der Waals surface area contributed by atoms with Crippen molar-refractivity contribution in [2.75, 3.05) is 12.9 Å². The molecule has 1 aliphatic carbocycles. The fraction of sp³-hybridized carbons (Fsp3) is 0.611. The Balaban J connectivity index is 0.00000122. The van der Waals surface area contributed by atoms with Crippen molar-refractivity contribution in [3.05, 3.63) is 30.1 Å². The number of pyridine rings is 1. The lowest BCUT2D eigenvalue weighted by Crippen LogP contribution is -2.49. The Morgan fingerprint density at radius 2 is 2.00 bits per heavy atom. The van der Waals surface area contributed by atoms with E-state index in [1.807, 2.05) is 19.1 Å². The van der Waals surface area contributed by atoms with Crippen LogP contribution in [0.1, 0.15) is 38.2 Å². The van der Waals surface area contributed by atoms with Crippen LogP contribution in [0.3, 0.4) is 0 Å². The van der Waals surface area contributed by atoms with Gasteiger partial charge in [-0.3, -0.25) is 14.6 Å². The standard InChI is InChI=1S/C17H27N3O4S.CH2O2/c1-3-10-24-16-11-14(4-5-15(16)20-25(2,22)23)17(21)19-12-13-6-8-18-9-7-13;2-1-3/h6-9,14-16,20H,3-5,10-12H2,1-2H3,(H,19,21);1H,(H,2,3)/t14-,15+,16+;/m0./s1. The molecule has 1 heterocycles. The molecule has 3 N–H and O–H groups in total. The van der Waals surface area contributed by atoms with Gasteiger partial charge in [0, 0.05) is 37.5 Å². The summed E-state index contributed by atoms with van der Waals surface area (Å²) < 4.78 is 31.5. The summed E-state index contributed by atoms with van der Waals surface area (Å²) >= 11 is 0. The van der Waals surface area contributed by atoms with Gasteiger partial charge in [0.2, 0.25) is 15.9 Å². The second kappa shape index (κ2) is 12.4. The maximum atomic E-state index is 12.5. The summed E-state index contributed by atoms with van der Waals surface area (Å²) in [4.78, 5) is 24.8. The molecule has 0 bridgehead atoms. The zero-order chi connectivity index (χ0) is 21.0. The first kappa shape index (κ1) is 24.0. The number of hydrogen-bond donors (Lipinski definition) is 3. The summed E-state index contributed by atoms with van der Waals surface area (Å²) in [5.41, 5.74) is 0.995. The minimum atomic E-state index is -3.30. The van der Waals surface area contributed by atoms with Crippen LogP contribution in [0.15, 0.2) is 24.5 Å². The molecule has 0 radical (unpaired) electrons. The lowest BCUT2D eigenvalue weighted by Gasteiger charge is -2.35. The van der Waals surface area contributed by atoms with Gasteiger partial charge in [-0.25, -0.2) is 13.1 Å². The summed E-state index contributed by atoms with van der Waals surface area (Å²) in [5.74, 6) is -0.180. The van der Waals surface area contributed by atoms with E-state index in [4.69, 9.17) is 14.6 Å². The van der Waals surface area contributed by atoms with E-state index in [1.165, 1.54) is 0 Å². The first-order valence-electron chi connectivity index (χ1n) is 9.14. The van der Waals surface area contributed by atoms with Crippen LogP contribution in [-0.4, -0.2) is 55.9 Å². The van der Waals surface area contributed by atoms with Crippen LogP contribution in [0.25, 0.3) is 0 Å². The van der Waals surface area contributed by atoms with E-state index in [-0.39, 0.29) is 30.4 Å². The Morgan fingerprint density at radius 3 is 2.57 bits per heavy atom. The molecule has 2 rings (SSSR count). The minimum Gasteiger partial charge on any atom is -0.483 e. The molecule has 1 aromatic rings. The summed E-state index contributed by atoms with van der Waals surface area (Å²) in [6.07, 6.45) is 6.86. The van der Waals surface area contributed by atoms with Gasteiger partial charge in [-0.05, 0) is 43.4 Å². The summed E-state index contributed by atoms with van der Waals surface area (Å²) in [6.45, 7) is 2.77. The maximum Gasteiger partial charge on any atom is 0.290 e. The fourth-order valence-corrected chi connectivity index (χ4v) is 3.88. The van der Waals surface area contributed by atoms with Crippen LogP contribution >= 0.6 is 0 Å². The molecule has 3 atom stereocenters. The van der Waals surface area contributed by atoms with Gasteiger partial charge in [-0.2, -0.15) is 0 Å². The van der Waals surface area contributed by atoms with Crippen molar-refractivity contribution >= 4 is 22.4 Å². The Kier molecular flexibility index (Phi) is 10.6. The number of nitrogens with one attached hydrogen (secondary N) is 2. The lowest BCUT2D eigenvalue weighted by molar-refractivity contribution is -0.128. The Labute approximate surface area is 165 Å². The van der Waals surface area contributed by atoms with Crippen LogP contribution in [0.4, 0.5) is 0 Å². The van der Waals surface area contributed by atoms with Crippen molar-refractivity contribution in [2.24, 2.45) is 5.92 Å². The van der Waals surface area contributed by atoms with E-state index < -0.39 is 10.0 Å². The van der Waals surface area contributed by atoms with Crippen LogP contribution in [0.2, 0.25) is 0 Å². The maximum absolute atomic E-state index is 12.5. The monoisotopic (exact) mass is 415 g/mol. The largest absolute Gasteiger partial charge is 0.483 e. The second-order valence-electron chi connectivity index (χ2n) is 6.59. The number of nitrogens with zero attached hydrogens (tertiary/aromatic N) is 1. The number of carboxylic acid groups (broad SMARTS) is 1. The molecule has 0 saturated heterocycles. The van der Waals surface area contributed by atoms with Crippen LogP contribution < -0.4 is 10.0 Å². The van der Waals surface area contributed by atoms with Crippen molar-refractivity contribution in [3.8, 4) is 0 Å². The molecule has 0 aliphatic heterocycles. The summed E-state index contributed by atoms with van der Waals surface area (Å²) in [5, 5.41) is 9.84. The van der Waals surface area contributed by atoms with Gasteiger partial charge < -0.3 is 15.2 Å². The number of carbonyl (C=O) groups excluding carboxylic acids is 1. The number of sulfonamides is 1. The molecular formula is C18H29N3O6S. The van der Waals surface area contributed by atoms with Gasteiger partial charge in [0.1, 0.15) is 0 Å². The highest BCUT2D eigenvalue weighted by molar-refractivity contribution is 7.88. The number of amides is 1. The van der Waals surface area contributed by atoms with Gasteiger partial charge in [0.05, 0.1) is 12.4 Å². The highest BCUT2D eigenvalue weighted by Gasteiger charge is 2.35. The third-order valence-electron chi connectivity index (χ3n) is 4.28. The molecule has 9 nitrogen and oxygen atoms in total. The lowest BCUT2D eigenvalue weighted by atomic mass is 9.83. The van der Waals surface area contributed by atoms with Crippen LogP contribution in [0.5, 0.6) is 0 Å². The zero-order valence-electron chi connectivity index (χ0n) is 16.2. The molecule has 0 aromatic carbocycles. The van der Waals surface area contributed by atoms with Gasteiger partial charge in [-0.15, -0.1) is 0 Å². The third-order valence-corrected chi connectivity index (χ3v) is 5.01. The quantitative estimate of drug-likeness (QED) is 0.537. The van der Waals surface area contributed by atoms with E-state index >= 15 is 0 Å². The fourth-order valence-electron chi connectivity index (χ4n) is 3.06. The van der Waals surface area contributed by atoms with Gasteiger partial charge in [-0.1, -0.05) is 6.92 Å². The normalized spacial score (nSPS) is 21.9. The number of rotatable bonds is 8. The van der Waals surface area contributed by atoms with Crippen LogP contribution in [0, 0.1) is 5.92 Å². The summed E-state index contributed by atoms with van der Waals surface area (Å²) in [6, 6.07) is 3.45. The highest BCUT2D eigenvalue weighted by Crippen LogP contribution is 2.28. The van der Waals surface area contributed by atoms with E-state index in [0.717, 1.165) is 18.2 Å². The first-order valence-corrected chi connectivity index (χ1v) is 11.0. The molecule has 0 unspecified atom stereocenters. The molecule has 1 saturated carbocycles. The number of carbonyl (C=O) groups is 2. The zero-order valence-corrected chi connectivity index (χ0v) is 17.0. The van der Waals surface area contributed by atoms with E-state index in [9.17, 15) is 13.2 Å². The molecule has 10 heteroatoms. The molecule has 0 spiro atoms. The first-order chi connectivity index (χ1) is 13.3. The average Bonchev–Trinajstić information content (AvgIpc) is 2.65. The van der Waals surface area contributed by atoms with Gasteiger partial charge in [0.15, 0.2) is 0 Å². The molecule has 1 amide bonds. The van der Waals surface area contributed by atoms with Crippen molar-refractivity contribution in [1.29, 1.82) is 0 Å². The Morgan fingerprint density at radius 1 is 1.36 bits per heavy atom. The number of hydrogen-bond acceptors (Lipinski definition) is 6. The molecule has 1 aromatic heterocycles. The van der Waals surface area contributed by atoms with Crippen molar-refractivity contribution < 1.29 is 27.9 Å².